The van der Waals surface area contributed by atoms with Crippen LogP contribution in [0.25, 0.3) is 0 Å². The highest BCUT2D eigenvalue weighted by Crippen LogP contribution is 2.13. The smallest absolute Gasteiger partial charge is 0.228 e. The van der Waals surface area contributed by atoms with Gasteiger partial charge in [-0.3, -0.25) is 4.79 Å². The number of anilines is 1. The fourth-order valence-corrected chi connectivity index (χ4v) is 1.94. The average molecular weight is 276 g/mol. The topological polar surface area (TPSA) is 49.3 Å². The Morgan fingerprint density at radius 1 is 1.11 bits per heavy atom. The monoisotopic (exact) mass is 275 g/mol. The average Bonchev–Trinajstić information content (AvgIpc) is 2.39. The number of carbonyl (C=O) groups excluding carboxylic acids is 1. The first kappa shape index (κ1) is 13.6. The normalized spacial score (nSPS) is 10.2. The van der Waals surface area contributed by atoms with Crippen LogP contribution in [0.15, 0.2) is 48.5 Å². The highest BCUT2D eigenvalue weighted by molar-refractivity contribution is 6.30. The van der Waals surface area contributed by atoms with Crippen LogP contribution in [-0.2, 0) is 17.8 Å². The number of hydrogen-bond acceptors (Lipinski definition) is 2. The zero-order valence-corrected chi connectivity index (χ0v) is 11.0. The van der Waals surface area contributed by atoms with Gasteiger partial charge in [0.15, 0.2) is 0 Å². The zero-order chi connectivity index (χ0) is 13.7. The number of benzene rings is 2. The number of nitrogens with one attached hydrogen (secondary N) is 1. The summed E-state index contributed by atoms with van der Waals surface area (Å²) >= 11 is 5.87. The summed E-state index contributed by atoms with van der Waals surface area (Å²) in [4.78, 5) is 11.8. The van der Waals surface area contributed by atoms with E-state index >= 15 is 0 Å². The molecular weight excluding hydrogens is 262 g/mol. The van der Waals surface area contributed by atoms with E-state index in [1.165, 1.54) is 0 Å². The standard InChI is InChI=1S/C15H14ClNO2/c16-13-3-1-2-12(8-13)9-15(19)17-14-6-4-11(10-18)5-7-14/h1-8,18H,9-10H2,(H,17,19). The fourth-order valence-electron chi connectivity index (χ4n) is 1.73. The zero-order valence-electron chi connectivity index (χ0n) is 10.3. The van der Waals surface area contributed by atoms with Gasteiger partial charge < -0.3 is 10.4 Å². The van der Waals surface area contributed by atoms with Crippen molar-refractivity contribution in [2.75, 3.05) is 5.32 Å². The molecule has 0 heterocycles. The summed E-state index contributed by atoms with van der Waals surface area (Å²) in [6, 6.07) is 14.3. The predicted octanol–water partition coefficient (Wildman–Crippen LogP) is 3.01. The van der Waals surface area contributed by atoms with Gasteiger partial charge in [0.25, 0.3) is 0 Å². The minimum absolute atomic E-state index is 0.00323. The van der Waals surface area contributed by atoms with E-state index in [0.29, 0.717) is 10.7 Å². The lowest BCUT2D eigenvalue weighted by molar-refractivity contribution is -0.115. The molecule has 4 heteroatoms. The third-order valence-corrected chi connectivity index (χ3v) is 2.91. The molecule has 0 radical (unpaired) electrons. The summed E-state index contributed by atoms with van der Waals surface area (Å²) in [7, 11) is 0. The third-order valence-electron chi connectivity index (χ3n) is 2.67. The molecule has 0 aromatic heterocycles. The van der Waals surface area contributed by atoms with Gasteiger partial charge in [0, 0.05) is 10.7 Å². The van der Waals surface area contributed by atoms with Crippen LogP contribution in [0.5, 0.6) is 0 Å². The predicted molar refractivity (Wildman–Crippen MR) is 76.2 cm³/mol. The third kappa shape index (κ3) is 4.09. The molecule has 19 heavy (non-hydrogen) atoms. The molecule has 0 aliphatic heterocycles. The maximum absolute atomic E-state index is 11.8. The van der Waals surface area contributed by atoms with Crippen LogP contribution in [-0.4, -0.2) is 11.0 Å². The second kappa shape index (κ2) is 6.36. The summed E-state index contributed by atoms with van der Waals surface area (Å²) in [5, 5.41) is 12.4. The first-order valence-corrected chi connectivity index (χ1v) is 6.29. The van der Waals surface area contributed by atoms with Crippen LogP contribution in [0.4, 0.5) is 5.69 Å². The van der Waals surface area contributed by atoms with E-state index in [0.717, 1.165) is 11.1 Å². The quantitative estimate of drug-likeness (QED) is 0.901. The van der Waals surface area contributed by atoms with Crippen molar-refractivity contribution in [3.8, 4) is 0 Å². The lowest BCUT2D eigenvalue weighted by Crippen LogP contribution is -2.14. The van der Waals surface area contributed by atoms with E-state index in [1.54, 1.807) is 36.4 Å². The number of aliphatic hydroxyl groups excluding tert-OH is 1. The Kier molecular flexibility index (Phi) is 4.55. The molecule has 0 aliphatic carbocycles. The van der Waals surface area contributed by atoms with Crippen molar-refractivity contribution in [2.45, 2.75) is 13.0 Å². The van der Waals surface area contributed by atoms with Crippen molar-refractivity contribution in [1.29, 1.82) is 0 Å². The first-order chi connectivity index (χ1) is 9.17. The molecule has 0 spiro atoms. The minimum atomic E-state index is -0.0981. The van der Waals surface area contributed by atoms with Crippen molar-refractivity contribution in [1.82, 2.24) is 0 Å². The molecule has 1 amide bonds. The van der Waals surface area contributed by atoms with E-state index in [1.807, 2.05) is 12.1 Å². The van der Waals surface area contributed by atoms with Gasteiger partial charge in [-0.1, -0.05) is 35.9 Å². The summed E-state index contributed by atoms with van der Waals surface area (Å²) in [6.45, 7) is -0.00323. The van der Waals surface area contributed by atoms with Gasteiger partial charge in [-0.2, -0.15) is 0 Å². The lowest BCUT2D eigenvalue weighted by atomic mass is 10.1. The Hall–Kier alpha value is -1.84. The number of amides is 1. The maximum atomic E-state index is 11.8. The van der Waals surface area contributed by atoms with Crippen molar-refractivity contribution in [3.05, 3.63) is 64.7 Å². The van der Waals surface area contributed by atoms with Crippen molar-refractivity contribution >= 4 is 23.2 Å². The Morgan fingerprint density at radius 2 is 1.84 bits per heavy atom. The summed E-state index contributed by atoms with van der Waals surface area (Å²) in [5.41, 5.74) is 2.40. The van der Waals surface area contributed by atoms with Crippen LogP contribution in [0.3, 0.4) is 0 Å². The lowest BCUT2D eigenvalue weighted by Gasteiger charge is -2.06. The second-order valence-electron chi connectivity index (χ2n) is 4.21. The van der Waals surface area contributed by atoms with Crippen LogP contribution >= 0.6 is 11.6 Å². The minimum Gasteiger partial charge on any atom is -0.392 e. The van der Waals surface area contributed by atoms with Gasteiger partial charge >= 0.3 is 0 Å². The van der Waals surface area contributed by atoms with Gasteiger partial charge in [0.2, 0.25) is 5.91 Å². The summed E-state index contributed by atoms with van der Waals surface area (Å²) in [5.74, 6) is -0.0981. The number of aliphatic hydroxyl groups is 1. The van der Waals surface area contributed by atoms with Gasteiger partial charge in [0.05, 0.1) is 13.0 Å². The summed E-state index contributed by atoms with van der Waals surface area (Å²) < 4.78 is 0. The van der Waals surface area contributed by atoms with Crippen LogP contribution in [0.2, 0.25) is 5.02 Å². The van der Waals surface area contributed by atoms with Crippen LogP contribution in [0, 0.1) is 0 Å². The van der Waals surface area contributed by atoms with Gasteiger partial charge in [0.1, 0.15) is 0 Å². The Morgan fingerprint density at radius 3 is 2.47 bits per heavy atom. The largest absolute Gasteiger partial charge is 0.392 e. The van der Waals surface area contributed by atoms with Crippen molar-refractivity contribution in [2.24, 2.45) is 0 Å². The van der Waals surface area contributed by atoms with Crippen LogP contribution in [0.1, 0.15) is 11.1 Å². The SMILES string of the molecule is O=C(Cc1cccc(Cl)c1)Nc1ccc(CO)cc1. The number of rotatable bonds is 4. The molecule has 0 bridgehead atoms. The molecule has 2 aromatic carbocycles. The molecule has 2 N–H and O–H groups in total. The van der Waals surface area contributed by atoms with Crippen molar-refractivity contribution < 1.29 is 9.90 Å². The molecule has 3 nitrogen and oxygen atoms in total. The second-order valence-corrected chi connectivity index (χ2v) is 4.65. The summed E-state index contributed by atoms with van der Waals surface area (Å²) in [6.07, 6.45) is 0.280. The van der Waals surface area contributed by atoms with E-state index in [9.17, 15) is 4.79 Å². The molecule has 0 aliphatic rings. The molecule has 2 aromatic rings. The Balaban J connectivity index is 1.97. The van der Waals surface area contributed by atoms with Gasteiger partial charge in [-0.15, -0.1) is 0 Å². The Labute approximate surface area is 116 Å². The van der Waals surface area contributed by atoms with Gasteiger partial charge in [-0.25, -0.2) is 0 Å². The van der Waals surface area contributed by atoms with Crippen molar-refractivity contribution in [3.63, 3.8) is 0 Å². The molecule has 98 valence electrons. The first-order valence-electron chi connectivity index (χ1n) is 5.91. The Bertz CT molecular complexity index is 567. The van der Waals surface area contributed by atoms with E-state index in [-0.39, 0.29) is 18.9 Å². The van der Waals surface area contributed by atoms with E-state index in [2.05, 4.69) is 5.32 Å². The highest BCUT2D eigenvalue weighted by Gasteiger charge is 2.04. The molecule has 0 fully saturated rings. The maximum Gasteiger partial charge on any atom is 0.228 e. The highest BCUT2D eigenvalue weighted by atomic mass is 35.5. The number of halogens is 1. The molecule has 0 saturated heterocycles. The molecule has 0 atom stereocenters. The van der Waals surface area contributed by atoms with Gasteiger partial charge in [-0.05, 0) is 35.4 Å². The van der Waals surface area contributed by atoms with E-state index in [4.69, 9.17) is 16.7 Å². The molecular formula is C15H14ClNO2. The van der Waals surface area contributed by atoms with E-state index < -0.39 is 0 Å². The molecule has 0 unspecified atom stereocenters. The number of hydrogen-bond donors (Lipinski definition) is 2. The molecule has 0 saturated carbocycles. The molecule has 2 rings (SSSR count). The van der Waals surface area contributed by atoms with Crippen LogP contribution < -0.4 is 5.32 Å². The number of carbonyl (C=O) groups is 1. The fraction of sp³-hybridized carbons (Fsp3) is 0.133.